The van der Waals surface area contributed by atoms with Gasteiger partial charge in [0.05, 0.1) is 17.4 Å². The van der Waals surface area contributed by atoms with E-state index in [0.29, 0.717) is 11.3 Å². The molecule has 1 aromatic heterocycles. The smallest absolute Gasteiger partial charge is 0.387 e. The second-order valence-corrected chi connectivity index (χ2v) is 5.81. The van der Waals surface area contributed by atoms with E-state index >= 15 is 0 Å². The van der Waals surface area contributed by atoms with Crippen molar-refractivity contribution in [1.82, 2.24) is 15.1 Å². The maximum Gasteiger partial charge on any atom is 0.416 e. The zero-order valence-electron chi connectivity index (χ0n) is 14.0. The highest BCUT2D eigenvalue weighted by Gasteiger charge is 2.34. The average molecular weight is 375 g/mol. The molecule has 0 aliphatic heterocycles. The number of carbonyl (C=O) groups is 1. The molecule has 0 bridgehead atoms. The Morgan fingerprint density at radius 3 is 2.63 bits per heavy atom. The molecule has 2 aromatic carbocycles. The van der Waals surface area contributed by atoms with Gasteiger partial charge in [-0.3, -0.25) is 4.79 Å². The van der Waals surface area contributed by atoms with Crippen molar-refractivity contribution >= 4 is 5.91 Å². The lowest BCUT2D eigenvalue weighted by Gasteiger charge is -2.18. The van der Waals surface area contributed by atoms with E-state index in [4.69, 9.17) is 0 Å². The Balaban J connectivity index is 1.71. The molecule has 0 aliphatic carbocycles. The van der Waals surface area contributed by atoms with Crippen LogP contribution in [0.2, 0.25) is 0 Å². The summed E-state index contributed by atoms with van der Waals surface area (Å²) >= 11 is 0. The van der Waals surface area contributed by atoms with Crippen LogP contribution >= 0.6 is 0 Å². The minimum absolute atomic E-state index is 0.282. The molecular weight excluding hydrogens is 359 g/mol. The van der Waals surface area contributed by atoms with E-state index in [0.717, 1.165) is 6.07 Å². The number of amides is 1. The Bertz CT molecular complexity index is 924. The summed E-state index contributed by atoms with van der Waals surface area (Å²) in [6.45, 7) is -0.349. The van der Waals surface area contributed by atoms with Crippen molar-refractivity contribution < 1.29 is 23.1 Å². The third-order valence-corrected chi connectivity index (χ3v) is 3.96. The normalized spacial score (nSPS) is 12.6. The summed E-state index contributed by atoms with van der Waals surface area (Å²) in [5.41, 5.74) is -0.238. The lowest BCUT2D eigenvalue weighted by molar-refractivity contribution is -0.139. The molecule has 5 nitrogen and oxygen atoms in total. The lowest BCUT2D eigenvalue weighted by Crippen LogP contribution is -2.29. The maximum absolute atomic E-state index is 13.0. The Morgan fingerprint density at radius 2 is 1.93 bits per heavy atom. The van der Waals surface area contributed by atoms with Crippen LogP contribution < -0.4 is 5.32 Å². The summed E-state index contributed by atoms with van der Waals surface area (Å²) in [6, 6.07) is 13.1. The van der Waals surface area contributed by atoms with Gasteiger partial charge in [-0.1, -0.05) is 24.3 Å². The number of carbonyl (C=O) groups excluding carboxylic acids is 1. The summed E-state index contributed by atoms with van der Waals surface area (Å²) < 4.78 is 40.7. The van der Waals surface area contributed by atoms with Crippen molar-refractivity contribution in [2.45, 2.75) is 12.3 Å². The number of aliphatic hydroxyl groups is 1. The summed E-state index contributed by atoms with van der Waals surface area (Å²) in [5, 5.41) is 16.7. The van der Waals surface area contributed by atoms with Gasteiger partial charge in [-0.25, -0.2) is 4.68 Å². The van der Waals surface area contributed by atoms with Crippen molar-refractivity contribution in [2.75, 3.05) is 6.54 Å². The van der Waals surface area contributed by atoms with Crippen molar-refractivity contribution in [3.63, 3.8) is 0 Å². The number of aliphatic hydroxyl groups excluding tert-OH is 1. The van der Waals surface area contributed by atoms with Crippen molar-refractivity contribution in [1.29, 1.82) is 0 Å². The van der Waals surface area contributed by atoms with Crippen LogP contribution in [0, 0.1) is 0 Å². The highest BCUT2D eigenvalue weighted by atomic mass is 19.4. The second-order valence-electron chi connectivity index (χ2n) is 5.81. The molecule has 0 spiro atoms. The molecule has 1 atom stereocenters. The van der Waals surface area contributed by atoms with Crippen LogP contribution in [0.4, 0.5) is 13.2 Å². The van der Waals surface area contributed by atoms with Gasteiger partial charge in [0.1, 0.15) is 0 Å². The second kappa shape index (κ2) is 7.63. The fourth-order valence-corrected chi connectivity index (χ4v) is 2.66. The molecule has 0 saturated heterocycles. The monoisotopic (exact) mass is 375 g/mol. The van der Waals surface area contributed by atoms with E-state index in [2.05, 4.69) is 10.4 Å². The molecule has 0 aliphatic rings. The Morgan fingerprint density at radius 1 is 1.15 bits per heavy atom. The molecule has 0 saturated carbocycles. The summed E-state index contributed by atoms with van der Waals surface area (Å²) in [5.74, 6) is -0.507. The van der Waals surface area contributed by atoms with Crippen molar-refractivity contribution in [3.8, 4) is 5.69 Å². The molecule has 27 heavy (non-hydrogen) atoms. The number of rotatable bonds is 5. The molecule has 0 unspecified atom stereocenters. The largest absolute Gasteiger partial charge is 0.416 e. The first kappa shape index (κ1) is 18.7. The van der Waals surface area contributed by atoms with Crippen molar-refractivity contribution in [2.24, 2.45) is 0 Å². The van der Waals surface area contributed by atoms with Gasteiger partial charge >= 0.3 is 6.18 Å². The van der Waals surface area contributed by atoms with E-state index < -0.39 is 23.8 Å². The van der Waals surface area contributed by atoms with E-state index in [9.17, 15) is 23.1 Å². The number of hydrogen-bond donors (Lipinski definition) is 2. The molecule has 8 heteroatoms. The van der Waals surface area contributed by atoms with E-state index in [-0.39, 0.29) is 12.1 Å². The van der Waals surface area contributed by atoms with Gasteiger partial charge in [0.15, 0.2) is 0 Å². The molecule has 1 amide bonds. The van der Waals surface area contributed by atoms with Crippen LogP contribution in [0.1, 0.15) is 27.6 Å². The first-order chi connectivity index (χ1) is 12.9. The predicted molar refractivity (Wildman–Crippen MR) is 92.3 cm³/mol. The topological polar surface area (TPSA) is 67.2 Å². The Kier molecular flexibility index (Phi) is 5.27. The Hall–Kier alpha value is -3.13. The van der Waals surface area contributed by atoms with Gasteiger partial charge in [-0.05, 0) is 35.9 Å². The third-order valence-electron chi connectivity index (χ3n) is 3.96. The van der Waals surface area contributed by atoms with Crippen LogP contribution in [0.15, 0.2) is 67.0 Å². The fourth-order valence-electron chi connectivity index (χ4n) is 2.66. The number of hydrogen-bond acceptors (Lipinski definition) is 3. The maximum atomic E-state index is 13.0. The molecule has 0 radical (unpaired) electrons. The quantitative estimate of drug-likeness (QED) is 0.719. The lowest BCUT2D eigenvalue weighted by atomic mass is 10.0. The van der Waals surface area contributed by atoms with Gasteiger partial charge in [0.2, 0.25) is 0 Å². The minimum atomic E-state index is -4.58. The van der Waals surface area contributed by atoms with Gasteiger partial charge in [0, 0.05) is 24.5 Å². The fraction of sp³-hybridized carbons (Fsp3) is 0.158. The Labute approximate surface area is 153 Å². The molecule has 0 fully saturated rings. The number of aromatic nitrogens is 2. The zero-order valence-corrected chi connectivity index (χ0v) is 14.0. The van der Waals surface area contributed by atoms with E-state index in [1.54, 1.807) is 47.4 Å². The third kappa shape index (κ3) is 4.35. The number of alkyl halides is 3. The molecule has 1 heterocycles. The SMILES string of the molecule is O=C(NC[C@@H](O)c1ccccc1C(F)(F)F)c1cccc(-n2cccn2)c1. The van der Waals surface area contributed by atoms with Crippen LogP contribution in [-0.2, 0) is 6.18 Å². The highest BCUT2D eigenvalue weighted by Crippen LogP contribution is 2.34. The van der Waals surface area contributed by atoms with E-state index in [1.165, 1.54) is 18.2 Å². The van der Waals surface area contributed by atoms with Crippen LogP contribution in [0.25, 0.3) is 5.69 Å². The number of nitrogens with one attached hydrogen (secondary N) is 1. The summed E-state index contributed by atoms with van der Waals surface area (Å²) in [4.78, 5) is 12.3. The van der Waals surface area contributed by atoms with Gasteiger partial charge in [-0.15, -0.1) is 0 Å². The van der Waals surface area contributed by atoms with Gasteiger partial charge in [-0.2, -0.15) is 18.3 Å². The molecule has 3 rings (SSSR count). The molecule has 3 aromatic rings. The molecule has 2 N–H and O–H groups in total. The number of halogens is 3. The first-order valence-electron chi connectivity index (χ1n) is 8.09. The molecule has 140 valence electrons. The predicted octanol–water partition coefficient (Wildman–Crippen LogP) is 3.35. The van der Waals surface area contributed by atoms with Crippen molar-refractivity contribution in [3.05, 3.63) is 83.7 Å². The number of benzene rings is 2. The van der Waals surface area contributed by atoms with E-state index in [1.807, 2.05) is 0 Å². The average Bonchev–Trinajstić information content (AvgIpc) is 3.20. The minimum Gasteiger partial charge on any atom is -0.387 e. The van der Waals surface area contributed by atoms with Crippen LogP contribution in [0.5, 0.6) is 0 Å². The molecular formula is C19H16F3N3O2. The summed E-state index contributed by atoms with van der Waals surface area (Å²) in [7, 11) is 0. The standard InChI is InChI=1S/C19H16F3N3O2/c20-19(21,22)16-8-2-1-7-15(16)17(26)12-23-18(27)13-5-3-6-14(11-13)25-10-4-9-24-25/h1-11,17,26H,12H2,(H,23,27)/t17-/m1/s1. The van der Waals surface area contributed by atoms with Crippen LogP contribution in [0.3, 0.4) is 0 Å². The highest BCUT2D eigenvalue weighted by molar-refractivity contribution is 5.94. The first-order valence-corrected chi connectivity index (χ1v) is 8.09. The zero-order chi connectivity index (χ0) is 19.4. The number of nitrogens with zero attached hydrogens (tertiary/aromatic N) is 2. The summed E-state index contributed by atoms with van der Waals surface area (Å²) in [6.07, 6.45) is -2.75. The van der Waals surface area contributed by atoms with Gasteiger partial charge < -0.3 is 10.4 Å². The van der Waals surface area contributed by atoms with Gasteiger partial charge in [0.25, 0.3) is 5.91 Å². The van der Waals surface area contributed by atoms with Crippen LogP contribution in [-0.4, -0.2) is 27.3 Å².